The van der Waals surface area contributed by atoms with E-state index in [4.69, 9.17) is 0 Å². The molecule has 0 radical (unpaired) electrons. The van der Waals surface area contributed by atoms with E-state index in [0.29, 0.717) is 18.8 Å². The van der Waals surface area contributed by atoms with E-state index in [1.54, 1.807) is 6.20 Å². The molecule has 0 atom stereocenters. The van der Waals surface area contributed by atoms with E-state index in [9.17, 15) is 8.78 Å². The van der Waals surface area contributed by atoms with Crippen LogP contribution in [-0.2, 0) is 0 Å². The smallest absolute Gasteiger partial charge is 0.248 e. The van der Waals surface area contributed by atoms with E-state index in [-0.39, 0.29) is 12.8 Å². The summed E-state index contributed by atoms with van der Waals surface area (Å²) in [6.07, 6.45) is 3.07. The number of anilines is 1. The normalized spacial score (nSPS) is 20.1. The van der Waals surface area contributed by atoms with Gasteiger partial charge in [0.05, 0.1) is 0 Å². The molecule has 1 N–H and O–H groups in total. The van der Waals surface area contributed by atoms with Crippen molar-refractivity contribution in [3.05, 3.63) is 18.3 Å². The second-order valence-electron chi connectivity index (χ2n) is 4.90. The summed E-state index contributed by atoms with van der Waals surface area (Å²) in [5.41, 5.74) is 1.12. The Balaban J connectivity index is 1.78. The first kappa shape index (κ1) is 12.3. The van der Waals surface area contributed by atoms with Crippen LogP contribution in [0.4, 0.5) is 14.6 Å². The lowest BCUT2D eigenvalue weighted by Crippen LogP contribution is -2.28. The zero-order valence-electron chi connectivity index (χ0n) is 10.0. The van der Waals surface area contributed by atoms with Crippen molar-refractivity contribution >= 4 is 19.1 Å². The summed E-state index contributed by atoms with van der Waals surface area (Å²) < 4.78 is 25.9. The third-order valence-corrected chi connectivity index (χ3v) is 3.32. The maximum atomic E-state index is 13.0. The van der Waals surface area contributed by atoms with E-state index in [0.717, 1.165) is 17.8 Å². The Hall–Kier alpha value is -1.13. The van der Waals surface area contributed by atoms with E-state index in [1.807, 2.05) is 20.0 Å². The summed E-state index contributed by atoms with van der Waals surface area (Å²) in [6, 6.07) is 3.91. The molecule has 1 aromatic heterocycles. The molecular weight excluding hydrogens is 221 g/mol. The largest absolute Gasteiger partial charge is 0.370 e. The van der Waals surface area contributed by atoms with Gasteiger partial charge in [0.2, 0.25) is 5.92 Å². The number of rotatable bonds is 3. The van der Waals surface area contributed by atoms with Gasteiger partial charge in [0.15, 0.2) is 0 Å². The lowest BCUT2D eigenvalue weighted by molar-refractivity contribution is -0.0443. The van der Waals surface area contributed by atoms with Gasteiger partial charge in [-0.25, -0.2) is 13.8 Å². The average Bonchev–Trinajstić information content (AvgIpc) is 2.30. The summed E-state index contributed by atoms with van der Waals surface area (Å²) in [5.74, 6) is -1.26. The molecule has 1 heterocycles. The first-order chi connectivity index (χ1) is 8.05. The van der Waals surface area contributed by atoms with Crippen LogP contribution in [-0.4, -0.2) is 25.3 Å². The minimum absolute atomic E-state index is 0.0284. The summed E-state index contributed by atoms with van der Waals surface area (Å²) in [6.45, 7) is 0.742. The van der Waals surface area contributed by atoms with Crippen molar-refractivity contribution in [1.82, 2.24) is 4.98 Å². The van der Waals surface area contributed by atoms with E-state index < -0.39 is 5.92 Å². The molecule has 2 rings (SSSR count). The van der Waals surface area contributed by atoms with E-state index in [1.165, 1.54) is 0 Å². The minimum Gasteiger partial charge on any atom is -0.370 e. The number of alkyl halides is 2. The zero-order chi connectivity index (χ0) is 12.3. The Labute approximate surface area is 101 Å². The molecule has 2 nitrogen and oxygen atoms in total. The van der Waals surface area contributed by atoms with Gasteiger partial charge in [0.25, 0.3) is 0 Å². The van der Waals surface area contributed by atoms with Crippen molar-refractivity contribution in [2.45, 2.75) is 31.6 Å². The Bertz CT molecular complexity index is 357. The first-order valence-corrected chi connectivity index (χ1v) is 6.09. The van der Waals surface area contributed by atoms with Crippen molar-refractivity contribution in [1.29, 1.82) is 0 Å². The van der Waals surface area contributed by atoms with Crippen molar-refractivity contribution in [2.24, 2.45) is 5.92 Å². The average molecular weight is 238 g/mol. The second kappa shape index (κ2) is 5.02. The molecule has 1 fully saturated rings. The Kier molecular flexibility index (Phi) is 3.65. The van der Waals surface area contributed by atoms with Gasteiger partial charge in [-0.2, -0.15) is 0 Å². The fourth-order valence-corrected chi connectivity index (χ4v) is 2.13. The molecule has 1 aromatic rings. The lowest BCUT2D eigenvalue weighted by atomic mass is 9.87. The number of pyridine rings is 1. The molecule has 1 aliphatic rings. The van der Waals surface area contributed by atoms with Gasteiger partial charge >= 0.3 is 0 Å². The summed E-state index contributed by atoms with van der Waals surface area (Å²) in [4.78, 5) is 4.23. The van der Waals surface area contributed by atoms with Crippen molar-refractivity contribution in [2.75, 3.05) is 11.9 Å². The molecule has 5 heteroatoms. The number of hydrogen-bond acceptors (Lipinski definition) is 2. The van der Waals surface area contributed by atoms with Gasteiger partial charge in [0.1, 0.15) is 13.7 Å². The van der Waals surface area contributed by atoms with Crippen LogP contribution in [0.25, 0.3) is 0 Å². The Morgan fingerprint density at radius 2 is 2.06 bits per heavy atom. The maximum absolute atomic E-state index is 13.0. The summed E-state index contributed by atoms with van der Waals surface area (Å²) in [5, 5.41) is 3.21. The second-order valence-corrected chi connectivity index (χ2v) is 4.90. The molecule has 0 aliphatic heterocycles. The number of nitrogens with zero attached hydrogens (tertiary/aromatic N) is 1. The molecule has 92 valence electrons. The molecule has 0 aromatic carbocycles. The van der Waals surface area contributed by atoms with Crippen molar-refractivity contribution in [3.63, 3.8) is 0 Å². The predicted octanol–water partition coefficient (Wildman–Crippen LogP) is 1.58. The van der Waals surface area contributed by atoms with Crippen LogP contribution in [0.1, 0.15) is 25.7 Å². The highest BCUT2D eigenvalue weighted by molar-refractivity contribution is 6.32. The van der Waals surface area contributed by atoms with Crippen LogP contribution in [0.3, 0.4) is 0 Å². The molecule has 1 saturated carbocycles. The topological polar surface area (TPSA) is 24.9 Å². The molecule has 0 bridgehead atoms. The van der Waals surface area contributed by atoms with Gasteiger partial charge in [-0.15, -0.1) is 0 Å². The Morgan fingerprint density at radius 3 is 2.65 bits per heavy atom. The first-order valence-electron chi connectivity index (χ1n) is 6.09. The number of aromatic nitrogens is 1. The van der Waals surface area contributed by atoms with Crippen molar-refractivity contribution < 1.29 is 8.78 Å². The number of halogens is 2. The molecule has 0 spiro atoms. The van der Waals surface area contributed by atoms with Crippen LogP contribution < -0.4 is 10.8 Å². The Morgan fingerprint density at radius 1 is 1.35 bits per heavy atom. The highest BCUT2D eigenvalue weighted by Gasteiger charge is 2.34. The van der Waals surface area contributed by atoms with Crippen LogP contribution in [0, 0.1) is 5.92 Å². The standard InChI is InChI=1S/C12H17BF2N2/c13-10-1-2-11(17-8-10)16-7-9-3-5-12(14,15)6-4-9/h1-2,8-9H,3-7,13H2,(H,16,17). The minimum atomic E-state index is -2.43. The molecule has 0 unspecified atom stereocenters. The van der Waals surface area contributed by atoms with Gasteiger partial charge in [-0.1, -0.05) is 11.5 Å². The van der Waals surface area contributed by atoms with Crippen LogP contribution in [0.15, 0.2) is 18.3 Å². The van der Waals surface area contributed by atoms with Crippen LogP contribution in [0.5, 0.6) is 0 Å². The molecule has 0 amide bonds. The molecule has 1 aliphatic carbocycles. The predicted molar refractivity (Wildman–Crippen MR) is 67.8 cm³/mol. The highest BCUT2D eigenvalue weighted by Crippen LogP contribution is 2.35. The van der Waals surface area contributed by atoms with Gasteiger partial charge in [-0.05, 0) is 24.8 Å². The van der Waals surface area contributed by atoms with Crippen LogP contribution >= 0.6 is 0 Å². The summed E-state index contributed by atoms with van der Waals surface area (Å²) >= 11 is 0. The SMILES string of the molecule is Bc1ccc(NCC2CCC(F)(F)CC2)nc1. The van der Waals surface area contributed by atoms with E-state index in [2.05, 4.69) is 10.3 Å². The lowest BCUT2D eigenvalue weighted by Gasteiger charge is -2.28. The third-order valence-electron chi connectivity index (χ3n) is 3.32. The molecular formula is C12H17BF2N2. The van der Waals surface area contributed by atoms with E-state index >= 15 is 0 Å². The monoisotopic (exact) mass is 238 g/mol. The van der Waals surface area contributed by atoms with Gasteiger partial charge in [-0.3, -0.25) is 0 Å². The molecule has 0 saturated heterocycles. The number of hydrogen-bond donors (Lipinski definition) is 1. The van der Waals surface area contributed by atoms with Crippen molar-refractivity contribution in [3.8, 4) is 0 Å². The molecule has 17 heavy (non-hydrogen) atoms. The zero-order valence-corrected chi connectivity index (χ0v) is 10.0. The third kappa shape index (κ3) is 3.68. The maximum Gasteiger partial charge on any atom is 0.248 e. The number of nitrogens with one attached hydrogen (secondary N) is 1. The highest BCUT2D eigenvalue weighted by atomic mass is 19.3. The quantitative estimate of drug-likeness (QED) is 0.808. The van der Waals surface area contributed by atoms with Gasteiger partial charge in [0, 0.05) is 25.6 Å². The fraction of sp³-hybridized carbons (Fsp3) is 0.583. The fourth-order valence-electron chi connectivity index (χ4n) is 2.13. The van der Waals surface area contributed by atoms with Gasteiger partial charge < -0.3 is 5.32 Å². The summed E-state index contributed by atoms with van der Waals surface area (Å²) in [7, 11) is 1.99. The van der Waals surface area contributed by atoms with Crippen LogP contribution in [0.2, 0.25) is 0 Å².